The molecule has 0 fully saturated rings. The van der Waals surface area contributed by atoms with Gasteiger partial charge in [0.15, 0.2) is 0 Å². The maximum absolute atomic E-state index is 2.41. The van der Waals surface area contributed by atoms with E-state index in [0.717, 1.165) is 0 Å². The minimum Gasteiger partial charge on any atom is -0.0652 e. The maximum atomic E-state index is 2.41. The van der Waals surface area contributed by atoms with E-state index in [0.29, 0.717) is 0 Å². The summed E-state index contributed by atoms with van der Waals surface area (Å²) in [5.41, 5.74) is 1.61. The molecule has 0 saturated heterocycles. The van der Waals surface area contributed by atoms with E-state index in [1.807, 2.05) is 0 Å². The molecule has 0 aliphatic rings. The third-order valence-electron chi connectivity index (χ3n) is 5.36. The molecule has 3 aromatic rings. The summed E-state index contributed by atoms with van der Waals surface area (Å²) >= 11 is 0. The van der Waals surface area contributed by atoms with Crippen LogP contribution in [0.4, 0.5) is 0 Å². The van der Waals surface area contributed by atoms with Crippen molar-refractivity contribution in [3.63, 3.8) is 0 Å². The Morgan fingerprint density at radius 2 is 1.15 bits per heavy atom. The van der Waals surface area contributed by atoms with E-state index >= 15 is 0 Å². The summed E-state index contributed by atoms with van der Waals surface area (Å²) < 4.78 is 0. The SMILES string of the molecule is CCCC[P+](c1ccccc1)(c1ccccc1)c1ccccc1C(C)(C)C. The van der Waals surface area contributed by atoms with E-state index in [4.69, 9.17) is 0 Å². The highest BCUT2D eigenvalue weighted by Crippen LogP contribution is 2.57. The smallest absolute Gasteiger partial charge is 0.0652 e. The molecule has 0 heterocycles. The van der Waals surface area contributed by atoms with Crippen LogP contribution in [-0.4, -0.2) is 6.16 Å². The largest absolute Gasteiger partial charge is 0.112 e. The van der Waals surface area contributed by atoms with Crippen LogP contribution in [0.15, 0.2) is 84.9 Å². The van der Waals surface area contributed by atoms with Gasteiger partial charge in [0.2, 0.25) is 0 Å². The Morgan fingerprint density at radius 1 is 0.667 bits per heavy atom. The van der Waals surface area contributed by atoms with E-state index in [1.54, 1.807) is 5.30 Å². The van der Waals surface area contributed by atoms with Crippen LogP contribution < -0.4 is 15.9 Å². The fourth-order valence-electron chi connectivity index (χ4n) is 4.01. The molecule has 0 spiro atoms. The monoisotopic (exact) mass is 375 g/mol. The highest BCUT2D eigenvalue weighted by Gasteiger charge is 2.47. The van der Waals surface area contributed by atoms with Crippen LogP contribution in [0.5, 0.6) is 0 Å². The van der Waals surface area contributed by atoms with Gasteiger partial charge in [0.1, 0.15) is 23.2 Å². The van der Waals surface area contributed by atoms with E-state index in [1.165, 1.54) is 35.2 Å². The molecule has 27 heavy (non-hydrogen) atoms. The molecule has 0 bridgehead atoms. The van der Waals surface area contributed by atoms with Gasteiger partial charge in [-0.05, 0) is 42.2 Å². The molecule has 0 radical (unpaired) electrons. The van der Waals surface area contributed by atoms with Crippen LogP contribution in [0.3, 0.4) is 0 Å². The lowest BCUT2D eigenvalue weighted by Crippen LogP contribution is -2.37. The van der Waals surface area contributed by atoms with Crippen molar-refractivity contribution in [3.05, 3.63) is 90.5 Å². The molecule has 0 aromatic heterocycles. The predicted octanol–water partition coefficient (Wildman–Crippen LogP) is 6.08. The summed E-state index contributed by atoms with van der Waals surface area (Å²) in [5.74, 6) is 0. The van der Waals surface area contributed by atoms with Crippen molar-refractivity contribution in [2.45, 2.75) is 46.0 Å². The quantitative estimate of drug-likeness (QED) is 0.458. The first-order valence-corrected chi connectivity index (χ1v) is 12.1. The van der Waals surface area contributed by atoms with Crippen LogP contribution in [-0.2, 0) is 5.41 Å². The molecular formula is C26H32P+. The van der Waals surface area contributed by atoms with Gasteiger partial charge in [-0.1, -0.05) is 88.7 Å². The van der Waals surface area contributed by atoms with Crippen molar-refractivity contribution in [2.75, 3.05) is 6.16 Å². The highest BCUT2D eigenvalue weighted by atomic mass is 31.2. The van der Waals surface area contributed by atoms with Gasteiger partial charge in [-0.25, -0.2) is 0 Å². The molecule has 0 aliphatic heterocycles. The second-order valence-corrected chi connectivity index (χ2v) is 11.9. The summed E-state index contributed by atoms with van der Waals surface area (Å²) in [7, 11) is -1.70. The highest BCUT2D eigenvalue weighted by molar-refractivity contribution is 7.95. The Hall–Kier alpha value is -1.91. The zero-order chi connectivity index (χ0) is 19.3. The molecule has 3 aromatic carbocycles. The van der Waals surface area contributed by atoms with Crippen LogP contribution >= 0.6 is 7.26 Å². The van der Waals surface area contributed by atoms with Crippen LogP contribution in [0.25, 0.3) is 0 Å². The lowest BCUT2D eigenvalue weighted by atomic mass is 9.87. The lowest BCUT2D eigenvalue weighted by Gasteiger charge is -2.32. The Bertz CT molecular complexity index is 805. The van der Waals surface area contributed by atoms with Gasteiger partial charge in [-0.15, -0.1) is 0 Å². The third-order valence-corrected chi connectivity index (χ3v) is 9.92. The van der Waals surface area contributed by atoms with Gasteiger partial charge in [0.25, 0.3) is 0 Å². The molecule has 1 heteroatoms. The van der Waals surface area contributed by atoms with Crippen LogP contribution in [0, 0.1) is 0 Å². The average molecular weight is 376 g/mol. The molecule has 0 atom stereocenters. The lowest BCUT2D eigenvalue weighted by molar-refractivity contribution is 0.594. The van der Waals surface area contributed by atoms with Crippen molar-refractivity contribution in [1.82, 2.24) is 0 Å². The first-order chi connectivity index (χ1) is 13.0. The maximum Gasteiger partial charge on any atom is 0.112 e. The molecular weight excluding hydrogens is 343 g/mol. The molecule has 0 unspecified atom stereocenters. The van der Waals surface area contributed by atoms with Gasteiger partial charge >= 0.3 is 0 Å². The van der Waals surface area contributed by atoms with Gasteiger partial charge < -0.3 is 0 Å². The zero-order valence-electron chi connectivity index (χ0n) is 17.2. The number of hydrogen-bond acceptors (Lipinski definition) is 0. The number of benzene rings is 3. The van der Waals surface area contributed by atoms with Crippen molar-refractivity contribution in [3.8, 4) is 0 Å². The second-order valence-electron chi connectivity index (χ2n) is 8.33. The number of hydrogen-bond donors (Lipinski definition) is 0. The van der Waals surface area contributed by atoms with Crippen LogP contribution in [0.1, 0.15) is 46.1 Å². The van der Waals surface area contributed by atoms with E-state index < -0.39 is 7.26 Å². The summed E-state index contributed by atoms with van der Waals surface area (Å²) in [4.78, 5) is 0. The van der Waals surface area contributed by atoms with Gasteiger partial charge in [-0.3, -0.25) is 0 Å². The Balaban J connectivity index is 2.38. The predicted molar refractivity (Wildman–Crippen MR) is 124 cm³/mol. The fraction of sp³-hybridized carbons (Fsp3) is 0.308. The zero-order valence-corrected chi connectivity index (χ0v) is 18.0. The molecule has 0 aliphatic carbocycles. The summed E-state index contributed by atoms with van der Waals surface area (Å²) in [6.45, 7) is 9.34. The first-order valence-electron chi connectivity index (χ1n) is 10.1. The first kappa shape index (κ1) is 19.8. The van der Waals surface area contributed by atoms with Crippen molar-refractivity contribution >= 4 is 23.2 Å². The summed E-state index contributed by atoms with van der Waals surface area (Å²) in [6.07, 6.45) is 3.69. The van der Waals surface area contributed by atoms with E-state index in [9.17, 15) is 0 Å². The Kier molecular flexibility index (Phi) is 6.18. The average Bonchev–Trinajstić information content (AvgIpc) is 2.70. The van der Waals surface area contributed by atoms with Crippen molar-refractivity contribution in [2.24, 2.45) is 0 Å². The van der Waals surface area contributed by atoms with Crippen LogP contribution in [0.2, 0.25) is 0 Å². The Morgan fingerprint density at radius 3 is 1.63 bits per heavy atom. The van der Waals surface area contributed by atoms with E-state index in [2.05, 4.69) is 113 Å². The van der Waals surface area contributed by atoms with Gasteiger partial charge in [-0.2, -0.15) is 0 Å². The number of rotatable bonds is 6. The molecule has 0 amide bonds. The molecule has 3 rings (SSSR count). The van der Waals surface area contributed by atoms with Gasteiger partial charge in [0, 0.05) is 5.56 Å². The summed E-state index contributed by atoms with van der Waals surface area (Å²) in [5, 5.41) is 4.56. The molecule has 0 N–H and O–H groups in total. The standard InChI is InChI=1S/C26H32P/c1-5-6-21-27(22-15-9-7-10-16-22,23-17-11-8-12-18-23)25-20-14-13-19-24(25)26(2,3)4/h7-20H,5-6,21H2,1-4H3/q+1. The second kappa shape index (κ2) is 8.41. The molecule has 0 nitrogen and oxygen atoms in total. The molecule has 0 saturated carbocycles. The minimum absolute atomic E-state index is 0.123. The summed E-state index contributed by atoms with van der Waals surface area (Å²) in [6, 6.07) is 31.7. The van der Waals surface area contributed by atoms with Crippen molar-refractivity contribution in [1.29, 1.82) is 0 Å². The van der Waals surface area contributed by atoms with E-state index in [-0.39, 0.29) is 5.41 Å². The normalized spacial score (nSPS) is 12.1. The Labute approximate surface area is 166 Å². The fourth-order valence-corrected chi connectivity index (χ4v) is 8.93. The minimum atomic E-state index is -1.70. The molecule has 140 valence electrons. The topological polar surface area (TPSA) is 0 Å². The number of unbranched alkanes of at least 4 members (excludes halogenated alkanes) is 1. The van der Waals surface area contributed by atoms with Gasteiger partial charge in [0.05, 0.1) is 6.16 Å². The van der Waals surface area contributed by atoms with Crippen molar-refractivity contribution < 1.29 is 0 Å². The third kappa shape index (κ3) is 4.02.